The van der Waals surface area contributed by atoms with Gasteiger partial charge in [0, 0.05) is 38.2 Å². The Labute approximate surface area is 566 Å². The highest BCUT2D eigenvalue weighted by atomic mass is 15.1. The number of fused-ring (bicyclic) bond motifs is 6. The molecule has 0 aliphatic carbocycles. The minimum Gasteiger partial charge on any atom is -0.308 e. The van der Waals surface area contributed by atoms with E-state index >= 15 is 0 Å². The smallest absolute Gasteiger partial charge is 0.194 e. The van der Waals surface area contributed by atoms with Gasteiger partial charge in [-0.2, -0.15) is 5.26 Å². The van der Waals surface area contributed by atoms with Gasteiger partial charge >= 0.3 is 0 Å². The summed E-state index contributed by atoms with van der Waals surface area (Å²) in [6.07, 6.45) is 0. The predicted octanol–water partition coefficient (Wildman–Crippen LogP) is 23.7. The summed E-state index contributed by atoms with van der Waals surface area (Å²) >= 11 is 0. The third-order valence-corrected chi connectivity index (χ3v) is 18.7. The number of benzene rings is 14. The van der Waals surface area contributed by atoms with Crippen molar-refractivity contribution in [2.75, 3.05) is 0 Å². The molecular weight excluding hydrogens is 1190 g/mol. The van der Waals surface area contributed by atoms with Crippen LogP contribution in [0.3, 0.4) is 0 Å². The molecule has 98 heavy (non-hydrogen) atoms. The van der Waals surface area contributed by atoms with Gasteiger partial charge in [0.15, 0.2) is 28.8 Å². The van der Waals surface area contributed by atoms with Gasteiger partial charge < -0.3 is 9.13 Å². The zero-order chi connectivity index (χ0) is 65.6. The van der Waals surface area contributed by atoms with Gasteiger partial charge in [-0.3, -0.25) is 0 Å². The molecule has 0 saturated carbocycles. The van der Waals surface area contributed by atoms with Crippen LogP contribution in [0.15, 0.2) is 328 Å². The van der Waals surface area contributed by atoms with Crippen molar-refractivity contribution < 1.29 is 0 Å². The molecule has 0 unspecified atom stereocenters. The lowest BCUT2D eigenvalue weighted by molar-refractivity contribution is 1.06. The Morgan fingerprint density at radius 1 is 0.255 bits per heavy atom. The second-order valence-corrected chi connectivity index (χ2v) is 24.4. The van der Waals surface area contributed by atoms with E-state index < -0.39 is 0 Å². The van der Waals surface area contributed by atoms with Crippen LogP contribution in [0.2, 0.25) is 0 Å². The minimum atomic E-state index is 0.420. The van der Waals surface area contributed by atoms with Crippen LogP contribution in [-0.2, 0) is 0 Å². The molecule has 0 N–H and O–H groups in total. The Morgan fingerprint density at radius 2 is 0.561 bits per heavy atom. The van der Waals surface area contributed by atoms with E-state index in [-0.39, 0.29) is 0 Å². The summed E-state index contributed by atoms with van der Waals surface area (Å²) in [5.74, 6) is 1.28. The Balaban J connectivity index is 0.959. The first-order valence-corrected chi connectivity index (χ1v) is 32.4. The summed E-state index contributed by atoms with van der Waals surface area (Å²) in [5, 5.41) is 14.2. The fourth-order valence-electron chi connectivity index (χ4n) is 13.9. The molecular formula is C90H54N8. The molecule has 3 heterocycles. The van der Waals surface area contributed by atoms with E-state index in [2.05, 4.69) is 243 Å². The van der Waals surface area contributed by atoms with Crippen molar-refractivity contribution in [3.05, 3.63) is 356 Å². The largest absolute Gasteiger partial charge is 0.308 e. The number of aromatic nitrogens is 5. The lowest BCUT2D eigenvalue weighted by atomic mass is 9.99. The molecule has 0 spiro atoms. The van der Waals surface area contributed by atoms with Crippen molar-refractivity contribution in [1.82, 2.24) is 24.1 Å². The predicted molar refractivity (Wildman–Crippen MR) is 400 cm³/mol. The third-order valence-electron chi connectivity index (χ3n) is 18.7. The third kappa shape index (κ3) is 10.4. The van der Waals surface area contributed by atoms with Gasteiger partial charge in [-0.15, -0.1) is 0 Å². The molecule has 0 bridgehead atoms. The van der Waals surface area contributed by atoms with Gasteiger partial charge in [0.1, 0.15) is 0 Å². The zero-order valence-corrected chi connectivity index (χ0v) is 52.8. The van der Waals surface area contributed by atoms with Crippen LogP contribution in [-0.4, -0.2) is 24.1 Å². The van der Waals surface area contributed by atoms with Crippen LogP contribution < -0.4 is 0 Å². The number of hydrogen-bond donors (Lipinski definition) is 0. The zero-order valence-electron chi connectivity index (χ0n) is 52.8. The number of rotatable bonds is 12. The maximum Gasteiger partial charge on any atom is 0.194 e. The summed E-state index contributed by atoms with van der Waals surface area (Å²) in [4.78, 5) is 25.0. The molecule has 0 amide bonds. The normalized spacial score (nSPS) is 11.2. The molecule has 0 aliphatic rings. The first-order chi connectivity index (χ1) is 48.4. The van der Waals surface area contributed by atoms with Crippen LogP contribution in [0.25, 0.3) is 177 Å². The summed E-state index contributed by atoms with van der Waals surface area (Å²) in [7, 11) is 0. The number of nitriles is 1. The maximum atomic E-state index is 9.92. The molecule has 0 radical (unpaired) electrons. The lowest BCUT2D eigenvalue weighted by Gasteiger charge is -2.19. The highest BCUT2D eigenvalue weighted by molar-refractivity contribution is 6.14. The topological polar surface area (TPSA) is 81.0 Å². The summed E-state index contributed by atoms with van der Waals surface area (Å²) in [5.41, 5.74) is 23.3. The highest BCUT2D eigenvalue weighted by Crippen LogP contribution is 2.46. The van der Waals surface area contributed by atoms with Crippen LogP contribution in [0.5, 0.6) is 0 Å². The highest BCUT2D eigenvalue weighted by Gasteiger charge is 2.26. The van der Waals surface area contributed by atoms with E-state index in [1.165, 1.54) is 0 Å². The Bertz CT molecular complexity index is 5610. The van der Waals surface area contributed by atoms with E-state index in [1.807, 2.05) is 109 Å². The van der Waals surface area contributed by atoms with Crippen molar-refractivity contribution in [1.29, 1.82) is 5.26 Å². The van der Waals surface area contributed by atoms with Crippen molar-refractivity contribution in [2.45, 2.75) is 0 Å². The van der Waals surface area contributed by atoms with E-state index in [4.69, 9.17) is 28.1 Å². The monoisotopic (exact) mass is 1250 g/mol. The van der Waals surface area contributed by atoms with Crippen molar-refractivity contribution in [3.63, 3.8) is 0 Å². The molecule has 0 saturated heterocycles. The van der Waals surface area contributed by atoms with Crippen LogP contribution in [0, 0.1) is 24.5 Å². The molecule has 17 aromatic rings. The first kappa shape index (κ1) is 58.0. The molecule has 14 aromatic carbocycles. The van der Waals surface area contributed by atoms with Gasteiger partial charge in [-0.1, -0.05) is 243 Å². The van der Waals surface area contributed by atoms with Gasteiger partial charge in [0.25, 0.3) is 0 Å². The van der Waals surface area contributed by atoms with Gasteiger partial charge in [-0.05, 0) is 163 Å². The van der Waals surface area contributed by atoms with E-state index in [1.54, 1.807) is 0 Å². The van der Waals surface area contributed by atoms with Gasteiger partial charge in [0.2, 0.25) is 0 Å². The van der Waals surface area contributed by atoms with Crippen LogP contribution in [0.1, 0.15) is 5.56 Å². The minimum absolute atomic E-state index is 0.420. The molecule has 3 aromatic heterocycles. The fourth-order valence-corrected chi connectivity index (χ4v) is 13.9. The standard InChI is InChI=1S/C90H54N8/c1-92-80-32-17-15-30-72(80)70-38-44-74(86(55-70)97-82-46-40-66(59-21-7-3-8-22-59)51-76(82)77-52-67(41-47-83(77)97)60-23-9-4-10-24-60)89-94-88(64-36-34-63(35-37-64)65-29-19-20-58(50-65)57-91)95-90(96-89)75-45-39-71(73-31-16-18-33-81(73)93-2)56-87(75)98-84-48-42-68(61-25-11-5-12-26-61)53-78(84)79-54-69(43-49-85(79)98)62-27-13-6-14-28-62/h3-56H. The van der Waals surface area contributed by atoms with Gasteiger partial charge in [-0.25, -0.2) is 24.6 Å². The number of para-hydroxylation sites is 2. The molecule has 8 nitrogen and oxygen atoms in total. The van der Waals surface area contributed by atoms with Crippen molar-refractivity contribution >= 4 is 55.0 Å². The van der Waals surface area contributed by atoms with Crippen LogP contribution >= 0.6 is 0 Å². The molecule has 0 aliphatic heterocycles. The Morgan fingerprint density at radius 3 is 0.939 bits per heavy atom. The quantitative estimate of drug-likeness (QED) is 0.114. The molecule has 454 valence electrons. The fraction of sp³-hybridized carbons (Fsp3) is 0. The summed E-state index contributed by atoms with van der Waals surface area (Å²) in [6, 6.07) is 115. The molecule has 8 heteroatoms. The van der Waals surface area contributed by atoms with Gasteiger partial charge in [0.05, 0.1) is 58.2 Å². The Kier molecular flexibility index (Phi) is 14.5. The van der Waals surface area contributed by atoms with Crippen molar-refractivity contribution in [2.24, 2.45) is 0 Å². The lowest BCUT2D eigenvalue weighted by Crippen LogP contribution is -2.06. The van der Waals surface area contributed by atoms with E-state index in [0.29, 0.717) is 34.4 Å². The second kappa shape index (κ2) is 24.6. The summed E-state index contributed by atoms with van der Waals surface area (Å²) in [6.45, 7) is 16.8. The first-order valence-electron chi connectivity index (χ1n) is 32.4. The van der Waals surface area contributed by atoms with E-state index in [9.17, 15) is 5.26 Å². The number of hydrogen-bond acceptors (Lipinski definition) is 4. The van der Waals surface area contributed by atoms with E-state index in [0.717, 1.165) is 150 Å². The summed E-state index contributed by atoms with van der Waals surface area (Å²) < 4.78 is 4.67. The van der Waals surface area contributed by atoms with Crippen LogP contribution in [0.4, 0.5) is 11.4 Å². The maximum absolute atomic E-state index is 9.92. The Hall–Kier alpha value is -13.8. The second-order valence-electron chi connectivity index (χ2n) is 24.4. The van der Waals surface area contributed by atoms with Crippen molar-refractivity contribution in [3.8, 4) is 129 Å². The number of nitrogens with zero attached hydrogens (tertiary/aromatic N) is 8. The average molecular weight is 1250 g/mol. The molecule has 0 atom stereocenters. The molecule has 17 rings (SSSR count). The molecule has 0 fully saturated rings. The SMILES string of the molecule is [C-]#[N+]c1ccccc1-c1ccc(-c2nc(-c3ccc(-c4cccc(C#N)c4)cc3)nc(-c3ccc(-c4ccccc4[N+]#[C-])cc3-n3c4ccc(-c5ccccc5)cc4c4cc(-c5ccccc5)ccc43)n2)c(-n2c3ccc(-c4ccccc4)cc3c3cc(-c4ccccc4)ccc32)c1. The average Bonchev–Trinajstić information content (AvgIpc) is 1.55.